The Morgan fingerprint density at radius 2 is 2.32 bits per heavy atom. The fourth-order valence-electron chi connectivity index (χ4n) is 3.59. The summed E-state index contributed by atoms with van der Waals surface area (Å²) in [5, 5.41) is 13.6. The summed E-state index contributed by atoms with van der Waals surface area (Å²) in [5.41, 5.74) is 1.01. The van der Waals surface area contributed by atoms with Crippen molar-refractivity contribution in [3.8, 4) is 0 Å². The number of methoxy groups -OCH3 is 1. The van der Waals surface area contributed by atoms with Gasteiger partial charge in [-0.3, -0.25) is 4.79 Å². The summed E-state index contributed by atoms with van der Waals surface area (Å²) in [7, 11) is 1.38. The molecule has 158 valence electrons. The Balaban J connectivity index is 1.70. The summed E-state index contributed by atoms with van der Waals surface area (Å²) in [6.45, 7) is 4.11. The summed E-state index contributed by atoms with van der Waals surface area (Å²) in [5.74, 6) is -0.557. The highest BCUT2D eigenvalue weighted by Gasteiger charge is 2.45. The van der Waals surface area contributed by atoms with E-state index < -0.39 is 5.79 Å². The number of aliphatic hydroxyl groups is 1. The first-order chi connectivity index (χ1) is 13.3. The normalized spacial score (nSPS) is 29.7. The molecule has 2 heterocycles. The SMILES string of the molecule is COC(=O)/C=C(/C)CC/C=C\[C@@H](C)CC[C@@H]1CCC[C@](O)([C@@H]2CSC(=O)N2)O1. The number of ether oxygens (including phenoxy) is 2. The third-order valence-corrected chi connectivity index (χ3v) is 6.21. The van der Waals surface area contributed by atoms with E-state index in [0.717, 1.165) is 44.1 Å². The Morgan fingerprint density at radius 1 is 1.54 bits per heavy atom. The average molecular weight is 412 g/mol. The van der Waals surface area contributed by atoms with Gasteiger partial charge in [0.15, 0.2) is 5.79 Å². The van der Waals surface area contributed by atoms with E-state index in [1.54, 1.807) is 0 Å². The van der Waals surface area contributed by atoms with Crippen molar-refractivity contribution in [2.75, 3.05) is 12.9 Å². The molecule has 0 saturated carbocycles. The van der Waals surface area contributed by atoms with Crippen LogP contribution in [-0.4, -0.2) is 47.1 Å². The molecule has 0 spiro atoms. The molecule has 0 aliphatic carbocycles. The molecule has 4 atom stereocenters. The van der Waals surface area contributed by atoms with Crippen LogP contribution in [0.2, 0.25) is 0 Å². The van der Waals surface area contributed by atoms with E-state index in [1.165, 1.54) is 24.9 Å². The van der Waals surface area contributed by atoms with Gasteiger partial charge in [-0.05, 0) is 51.4 Å². The largest absolute Gasteiger partial charge is 0.466 e. The number of nitrogens with one attached hydrogen (secondary N) is 1. The zero-order valence-electron chi connectivity index (χ0n) is 17.1. The zero-order chi connectivity index (χ0) is 20.6. The van der Waals surface area contributed by atoms with Gasteiger partial charge in [0.25, 0.3) is 5.24 Å². The minimum Gasteiger partial charge on any atom is -0.466 e. The Kier molecular flexibility index (Phi) is 9.05. The average Bonchev–Trinajstić information content (AvgIpc) is 3.11. The maximum Gasteiger partial charge on any atom is 0.330 e. The maximum atomic E-state index is 11.4. The van der Waals surface area contributed by atoms with E-state index in [0.29, 0.717) is 18.1 Å². The summed E-state index contributed by atoms with van der Waals surface area (Å²) < 4.78 is 10.6. The molecular formula is C21H33NO5S. The first-order valence-electron chi connectivity index (χ1n) is 10.1. The number of rotatable bonds is 9. The van der Waals surface area contributed by atoms with Crippen molar-refractivity contribution in [3.63, 3.8) is 0 Å². The molecule has 0 radical (unpaired) electrons. The molecule has 2 aliphatic heterocycles. The van der Waals surface area contributed by atoms with Gasteiger partial charge >= 0.3 is 5.97 Å². The topological polar surface area (TPSA) is 84.9 Å². The second kappa shape index (κ2) is 11.0. The minimum absolute atomic E-state index is 0.0299. The van der Waals surface area contributed by atoms with Gasteiger partial charge in [-0.2, -0.15) is 0 Å². The number of carbonyl (C=O) groups excluding carboxylic acids is 2. The van der Waals surface area contributed by atoms with Crippen LogP contribution in [0.1, 0.15) is 58.8 Å². The van der Waals surface area contributed by atoms with Crippen molar-refractivity contribution in [2.24, 2.45) is 5.92 Å². The molecule has 2 saturated heterocycles. The van der Waals surface area contributed by atoms with Gasteiger partial charge in [0.2, 0.25) is 0 Å². The summed E-state index contributed by atoms with van der Waals surface area (Å²) >= 11 is 1.21. The molecule has 7 heteroatoms. The Bertz CT molecular complexity index is 606. The van der Waals surface area contributed by atoms with Crippen molar-refractivity contribution < 1.29 is 24.2 Å². The first-order valence-corrected chi connectivity index (χ1v) is 11.1. The molecule has 0 bridgehead atoms. The number of hydrogen-bond donors (Lipinski definition) is 2. The highest BCUT2D eigenvalue weighted by atomic mass is 32.2. The maximum absolute atomic E-state index is 11.4. The van der Waals surface area contributed by atoms with E-state index in [1.807, 2.05) is 6.92 Å². The van der Waals surface area contributed by atoms with Gasteiger partial charge < -0.3 is 19.9 Å². The molecule has 0 aromatic rings. The zero-order valence-corrected chi connectivity index (χ0v) is 17.9. The lowest BCUT2D eigenvalue weighted by Crippen LogP contribution is -2.55. The van der Waals surface area contributed by atoms with Gasteiger partial charge in [-0.25, -0.2) is 4.79 Å². The Hall–Kier alpha value is -1.31. The molecular weight excluding hydrogens is 378 g/mol. The van der Waals surface area contributed by atoms with Crippen LogP contribution in [0.25, 0.3) is 0 Å². The summed E-state index contributed by atoms with van der Waals surface area (Å²) in [6, 6.07) is -0.314. The predicted octanol–water partition coefficient (Wildman–Crippen LogP) is 3.94. The molecule has 28 heavy (non-hydrogen) atoms. The second-order valence-electron chi connectivity index (χ2n) is 7.81. The van der Waals surface area contributed by atoms with Crippen LogP contribution >= 0.6 is 11.8 Å². The number of allylic oxidation sites excluding steroid dienone is 3. The van der Waals surface area contributed by atoms with E-state index in [9.17, 15) is 14.7 Å². The summed E-state index contributed by atoms with van der Waals surface area (Å²) in [4.78, 5) is 22.6. The lowest BCUT2D eigenvalue weighted by molar-refractivity contribution is -0.264. The van der Waals surface area contributed by atoms with Gasteiger partial charge in [-0.1, -0.05) is 36.4 Å². The van der Waals surface area contributed by atoms with Crippen molar-refractivity contribution in [2.45, 2.75) is 76.7 Å². The molecule has 6 nitrogen and oxygen atoms in total. The predicted molar refractivity (Wildman–Crippen MR) is 111 cm³/mol. The van der Waals surface area contributed by atoms with Crippen LogP contribution in [0, 0.1) is 5.92 Å². The molecule has 1 amide bonds. The number of esters is 1. The van der Waals surface area contributed by atoms with Crippen molar-refractivity contribution in [3.05, 3.63) is 23.8 Å². The summed E-state index contributed by atoms with van der Waals surface area (Å²) in [6.07, 6.45) is 12.0. The molecule has 0 aromatic carbocycles. The van der Waals surface area contributed by atoms with Crippen LogP contribution < -0.4 is 5.32 Å². The molecule has 2 aliphatic rings. The smallest absolute Gasteiger partial charge is 0.330 e. The van der Waals surface area contributed by atoms with Gasteiger partial charge in [0.05, 0.1) is 19.3 Å². The highest BCUT2D eigenvalue weighted by Crippen LogP contribution is 2.35. The van der Waals surface area contributed by atoms with Crippen LogP contribution in [0.3, 0.4) is 0 Å². The first kappa shape index (κ1) is 23.0. The standard InChI is InChI=1S/C21H33NO5S/c1-15(7-4-5-8-16(2)13-19(23)26-3)10-11-17-9-6-12-21(25,27-17)18-14-28-20(24)22-18/h4,7,13,15,17-18,25H,5-6,8-12,14H2,1-3H3,(H,22,24)/b7-4-,16-13-/t15-,17+,18+,21-/m1/s1. The third kappa shape index (κ3) is 7.26. The number of carbonyl (C=O) groups is 2. The number of thioether (sulfide) groups is 1. The monoisotopic (exact) mass is 411 g/mol. The molecule has 2 N–H and O–H groups in total. The van der Waals surface area contributed by atoms with Crippen LogP contribution in [0.5, 0.6) is 0 Å². The van der Waals surface area contributed by atoms with Crippen molar-refractivity contribution in [1.29, 1.82) is 0 Å². The van der Waals surface area contributed by atoms with Crippen molar-refractivity contribution >= 4 is 23.0 Å². The van der Waals surface area contributed by atoms with Crippen LogP contribution in [0.4, 0.5) is 4.79 Å². The van der Waals surface area contributed by atoms with Crippen molar-refractivity contribution in [1.82, 2.24) is 5.32 Å². The number of amides is 1. The number of hydrogen-bond acceptors (Lipinski definition) is 6. The highest BCUT2D eigenvalue weighted by molar-refractivity contribution is 8.14. The third-order valence-electron chi connectivity index (χ3n) is 5.33. The molecule has 2 fully saturated rings. The van der Waals surface area contributed by atoms with E-state index >= 15 is 0 Å². The second-order valence-corrected chi connectivity index (χ2v) is 8.80. The van der Waals surface area contributed by atoms with Crippen LogP contribution in [0.15, 0.2) is 23.8 Å². The van der Waals surface area contributed by atoms with Gasteiger partial charge in [-0.15, -0.1) is 0 Å². The molecule has 0 unspecified atom stereocenters. The lowest BCUT2D eigenvalue weighted by atomic mass is 9.92. The van der Waals surface area contributed by atoms with E-state index in [4.69, 9.17) is 4.74 Å². The molecule has 0 aromatic heterocycles. The van der Waals surface area contributed by atoms with Gasteiger partial charge in [0.1, 0.15) is 0 Å². The van der Waals surface area contributed by atoms with Crippen LogP contribution in [-0.2, 0) is 14.3 Å². The van der Waals surface area contributed by atoms with E-state index in [-0.39, 0.29) is 23.4 Å². The molecule has 2 rings (SSSR count). The Labute approximate surface area is 172 Å². The Morgan fingerprint density at radius 3 is 3.00 bits per heavy atom. The van der Waals surface area contributed by atoms with Gasteiger partial charge in [0, 0.05) is 18.2 Å². The fraction of sp³-hybridized carbons (Fsp3) is 0.714. The fourth-order valence-corrected chi connectivity index (χ4v) is 4.48. The minimum atomic E-state index is -1.23. The quantitative estimate of drug-likeness (QED) is 0.340. The lowest BCUT2D eigenvalue weighted by Gasteiger charge is -2.40. The van der Waals surface area contributed by atoms with E-state index in [2.05, 4.69) is 29.1 Å².